The van der Waals surface area contributed by atoms with Crippen molar-refractivity contribution in [3.05, 3.63) is 6.20 Å². The molecule has 1 aliphatic heterocycles. The summed E-state index contributed by atoms with van der Waals surface area (Å²) < 4.78 is 12.1. The van der Waals surface area contributed by atoms with Crippen LogP contribution in [0.4, 0.5) is 5.82 Å². The normalized spacial score (nSPS) is 14.1. The minimum atomic E-state index is -0.362. The van der Waals surface area contributed by atoms with Crippen molar-refractivity contribution in [1.29, 1.82) is 0 Å². The summed E-state index contributed by atoms with van der Waals surface area (Å²) in [6, 6.07) is 0. The van der Waals surface area contributed by atoms with Gasteiger partial charge < -0.3 is 19.7 Å². The van der Waals surface area contributed by atoms with Crippen LogP contribution in [0.1, 0.15) is 26.7 Å². The Hall–Kier alpha value is -2.40. The number of amides is 1. The second-order valence-corrected chi connectivity index (χ2v) is 7.85. The van der Waals surface area contributed by atoms with Gasteiger partial charge in [-0.05, 0) is 12.7 Å². The first-order valence-electron chi connectivity index (χ1n) is 10.2. The number of esters is 1. The van der Waals surface area contributed by atoms with Crippen LogP contribution >= 0.6 is 11.8 Å². The van der Waals surface area contributed by atoms with Gasteiger partial charge in [0.1, 0.15) is 5.82 Å². The van der Waals surface area contributed by atoms with Crippen molar-refractivity contribution < 1.29 is 19.1 Å². The van der Waals surface area contributed by atoms with Crippen molar-refractivity contribution in [2.24, 2.45) is 0 Å². The first-order chi connectivity index (χ1) is 14.6. The topological polar surface area (TPSA) is 111 Å². The zero-order chi connectivity index (χ0) is 21.3. The molecule has 1 amide bonds. The minimum absolute atomic E-state index is 0.0815. The van der Waals surface area contributed by atoms with Crippen molar-refractivity contribution in [3.8, 4) is 0 Å². The molecule has 0 aromatic carbocycles. The third-order valence-electron chi connectivity index (χ3n) is 4.55. The van der Waals surface area contributed by atoms with E-state index in [1.165, 1.54) is 0 Å². The van der Waals surface area contributed by atoms with Crippen LogP contribution in [0.15, 0.2) is 11.4 Å². The van der Waals surface area contributed by atoms with Gasteiger partial charge in [0, 0.05) is 26.1 Å². The second kappa shape index (κ2) is 11.1. The molecule has 0 atom stereocenters. The van der Waals surface area contributed by atoms with Crippen LogP contribution in [0.25, 0.3) is 11.0 Å². The van der Waals surface area contributed by atoms with E-state index in [9.17, 15) is 9.59 Å². The second-order valence-electron chi connectivity index (χ2n) is 6.62. The SMILES string of the molecule is CCOC(=O)CCC(=O)NCCn1ncc2c(N3CCOCC3)nc(SCC)nc21. The molecule has 1 aliphatic rings. The van der Waals surface area contributed by atoms with E-state index < -0.39 is 0 Å². The lowest BCUT2D eigenvalue weighted by molar-refractivity contribution is -0.144. The van der Waals surface area contributed by atoms with Gasteiger partial charge in [-0.2, -0.15) is 5.10 Å². The molecule has 30 heavy (non-hydrogen) atoms. The molecule has 1 saturated heterocycles. The Balaban J connectivity index is 1.66. The van der Waals surface area contributed by atoms with Crippen molar-refractivity contribution in [3.63, 3.8) is 0 Å². The van der Waals surface area contributed by atoms with E-state index in [4.69, 9.17) is 14.5 Å². The number of hydrogen-bond acceptors (Lipinski definition) is 9. The number of carbonyl (C=O) groups is 2. The number of aromatic nitrogens is 4. The number of ether oxygens (including phenoxy) is 2. The maximum absolute atomic E-state index is 11.9. The fraction of sp³-hybridized carbons (Fsp3) is 0.632. The summed E-state index contributed by atoms with van der Waals surface area (Å²) in [6.07, 6.45) is 1.97. The Bertz CT molecular complexity index is 868. The van der Waals surface area contributed by atoms with Gasteiger partial charge in [-0.25, -0.2) is 14.6 Å². The maximum atomic E-state index is 11.9. The van der Waals surface area contributed by atoms with Gasteiger partial charge in [-0.15, -0.1) is 0 Å². The number of thioether (sulfide) groups is 1. The molecule has 0 unspecified atom stereocenters. The molecule has 0 aliphatic carbocycles. The van der Waals surface area contributed by atoms with Crippen LogP contribution in [-0.4, -0.2) is 76.8 Å². The highest BCUT2D eigenvalue weighted by Gasteiger charge is 2.20. The number of fused-ring (bicyclic) bond motifs is 1. The van der Waals surface area contributed by atoms with Gasteiger partial charge in [-0.1, -0.05) is 18.7 Å². The summed E-state index contributed by atoms with van der Waals surface area (Å²) in [7, 11) is 0. The van der Waals surface area contributed by atoms with Gasteiger partial charge in [0.25, 0.3) is 0 Å². The van der Waals surface area contributed by atoms with E-state index in [1.54, 1.807) is 29.6 Å². The standard InChI is InChI=1S/C19H28N6O4S/c1-3-29-16(27)6-5-15(26)20-7-8-25-18-14(13-21-25)17(22-19(23-18)30-4-2)24-9-11-28-12-10-24/h13H,3-12H2,1-2H3,(H,20,26). The molecule has 0 saturated carbocycles. The van der Waals surface area contributed by atoms with Gasteiger partial charge in [0.2, 0.25) is 5.91 Å². The Morgan fingerprint density at radius 1 is 1.23 bits per heavy atom. The Morgan fingerprint density at radius 3 is 2.77 bits per heavy atom. The maximum Gasteiger partial charge on any atom is 0.306 e. The Morgan fingerprint density at radius 2 is 2.03 bits per heavy atom. The third-order valence-corrected chi connectivity index (χ3v) is 5.28. The number of hydrogen-bond donors (Lipinski definition) is 1. The van der Waals surface area contributed by atoms with Crippen LogP contribution < -0.4 is 10.2 Å². The van der Waals surface area contributed by atoms with E-state index in [0.717, 1.165) is 35.7 Å². The lowest BCUT2D eigenvalue weighted by atomic mass is 10.3. The first kappa shape index (κ1) is 22.3. The number of anilines is 1. The van der Waals surface area contributed by atoms with Gasteiger partial charge in [-0.3, -0.25) is 9.59 Å². The fourth-order valence-electron chi connectivity index (χ4n) is 3.13. The molecule has 0 bridgehead atoms. The van der Waals surface area contributed by atoms with E-state index in [1.807, 2.05) is 0 Å². The Labute approximate surface area is 179 Å². The van der Waals surface area contributed by atoms with Crippen LogP contribution in [0.2, 0.25) is 0 Å². The third kappa shape index (κ3) is 5.82. The van der Waals surface area contributed by atoms with Crippen molar-refractivity contribution in [2.45, 2.75) is 38.4 Å². The number of nitrogens with one attached hydrogen (secondary N) is 1. The summed E-state index contributed by atoms with van der Waals surface area (Å²) in [6.45, 7) is 7.91. The van der Waals surface area contributed by atoms with Crippen molar-refractivity contribution >= 4 is 40.5 Å². The largest absolute Gasteiger partial charge is 0.466 e. The smallest absolute Gasteiger partial charge is 0.306 e. The summed E-state index contributed by atoms with van der Waals surface area (Å²) in [4.78, 5) is 34.9. The molecule has 0 radical (unpaired) electrons. The summed E-state index contributed by atoms with van der Waals surface area (Å²) in [5, 5.41) is 8.90. The molecular weight excluding hydrogens is 408 g/mol. The average molecular weight is 437 g/mol. The van der Waals surface area contributed by atoms with Crippen molar-refractivity contribution in [2.75, 3.05) is 50.1 Å². The lowest BCUT2D eigenvalue weighted by Crippen LogP contribution is -2.37. The molecule has 164 valence electrons. The van der Waals surface area contributed by atoms with E-state index in [-0.39, 0.29) is 24.7 Å². The number of morpholine rings is 1. The molecule has 1 fully saturated rings. The number of rotatable bonds is 10. The average Bonchev–Trinajstić information content (AvgIpc) is 3.16. The molecule has 11 heteroatoms. The Kier molecular flexibility index (Phi) is 8.26. The summed E-state index contributed by atoms with van der Waals surface area (Å²) >= 11 is 1.59. The highest BCUT2D eigenvalue weighted by Crippen LogP contribution is 2.27. The highest BCUT2D eigenvalue weighted by atomic mass is 32.2. The van der Waals surface area contributed by atoms with Crippen LogP contribution in [0, 0.1) is 0 Å². The van der Waals surface area contributed by atoms with Gasteiger partial charge >= 0.3 is 5.97 Å². The molecule has 3 heterocycles. The molecular formula is C19H28N6O4S. The van der Waals surface area contributed by atoms with Crippen LogP contribution in [0.5, 0.6) is 0 Å². The first-order valence-corrected chi connectivity index (χ1v) is 11.2. The number of nitrogens with zero attached hydrogens (tertiary/aromatic N) is 5. The van der Waals surface area contributed by atoms with Crippen molar-refractivity contribution in [1.82, 2.24) is 25.1 Å². The zero-order valence-corrected chi connectivity index (χ0v) is 18.2. The van der Waals surface area contributed by atoms with Crippen LogP contribution in [0.3, 0.4) is 0 Å². The highest BCUT2D eigenvalue weighted by molar-refractivity contribution is 7.99. The fourth-order valence-corrected chi connectivity index (χ4v) is 3.69. The van der Waals surface area contributed by atoms with E-state index in [2.05, 4.69) is 27.2 Å². The summed E-state index contributed by atoms with van der Waals surface area (Å²) in [5.41, 5.74) is 0.753. The van der Waals surface area contributed by atoms with Gasteiger partial charge in [0.05, 0.1) is 44.4 Å². The van der Waals surface area contributed by atoms with E-state index >= 15 is 0 Å². The predicted molar refractivity (Wildman–Crippen MR) is 114 cm³/mol. The predicted octanol–water partition coefficient (Wildman–Crippen LogP) is 1.23. The molecule has 0 spiro atoms. The number of carbonyl (C=O) groups excluding carboxylic acids is 2. The van der Waals surface area contributed by atoms with Crippen LogP contribution in [-0.2, 0) is 25.6 Å². The van der Waals surface area contributed by atoms with E-state index in [0.29, 0.717) is 38.1 Å². The monoisotopic (exact) mass is 436 g/mol. The van der Waals surface area contributed by atoms with Gasteiger partial charge in [0.15, 0.2) is 10.8 Å². The molecule has 2 aromatic rings. The quantitative estimate of drug-likeness (QED) is 0.334. The minimum Gasteiger partial charge on any atom is -0.466 e. The molecule has 3 rings (SSSR count). The lowest BCUT2D eigenvalue weighted by Gasteiger charge is -2.28. The molecule has 2 aromatic heterocycles. The molecule has 10 nitrogen and oxygen atoms in total. The molecule has 1 N–H and O–H groups in total. The zero-order valence-electron chi connectivity index (χ0n) is 17.4. The summed E-state index contributed by atoms with van der Waals surface area (Å²) in [5.74, 6) is 1.20.